The number of rotatable bonds is 7. The molecule has 2 rings (SSSR count). The molecule has 0 aromatic heterocycles. The van der Waals surface area contributed by atoms with Crippen LogP contribution in [0.15, 0.2) is 48.5 Å². The number of halogens is 1. The van der Waals surface area contributed by atoms with Crippen LogP contribution < -0.4 is 5.32 Å². The Morgan fingerprint density at radius 2 is 1.77 bits per heavy atom. The summed E-state index contributed by atoms with van der Waals surface area (Å²) in [6.45, 7) is -0.386. The zero-order chi connectivity index (χ0) is 19.1. The van der Waals surface area contributed by atoms with Gasteiger partial charge < -0.3 is 25.4 Å². The number of carboxylic acids is 1. The highest BCUT2D eigenvalue weighted by molar-refractivity contribution is 5.89. The average Bonchev–Trinajstić information content (AvgIpc) is 2.64. The van der Waals surface area contributed by atoms with Crippen molar-refractivity contribution >= 4 is 12.1 Å². The Morgan fingerprint density at radius 1 is 1.08 bits per heavy atom. The molecule has 1 amide bonds. The normalized spacial score (nSPS) is 12.9. The van der Waals surface area contributed by atoms with E-state index in [1.165, 1.54) is 12.1 Å². The number of carbonyl (C=O) groups excluding carboxylic acids is 1. The van der Waals surface area contributed by atoms with E-state index < -0.39 is 42.2 Å². The standard InChI is InChI=1S/C18H18FNO6/c19-13-8-4-7-12(15(13)17(23)24)16(22)14(21)9-20-18(25)26-10-11-5-2-1-3-6-11/h1-8,14,16,21-22H,9-10H2,(H,20,25)(H,23,24). The molecule has 0 aliphatic rings. The van der Waals surface area contributed by atoms with Gasteiger partial charge in [-0.15, -0.1) is 0 Å². The van der Waals surface area contributed by atoms with Crippen LogP contribution in [0.2, 0.25) is 0 Å². The fourth-order valence-electron chi connectivity index (χ4n) is 2.29. The molecule has 2 aromatic carbocycles. The van der Waals surface area contributed by atoms with Crippen LogP contribution in [-0.4, -0.2) is 40.0 Å². The second-order valence-corrected chi connectivity index (χ2v) is 5.46. The van der Waals surface area contributed by atoms with Crippen molar-refractivity contribution in [1.29, 1.82) is 0 Å². The first-order chi connectivity index (χ1) is 12.4. The summed E-state index contributed by atoms with van der Waals surface area (Å²) in [4.78, 5) is 22.8. The smallest absolute Gasteiger partial charge is 0.407 e. The largest absolute Gasteiger partial charge is 0.478 e. The number of benzene rings is 2. The lowest BCUT2D eigenvalue weighted by Gasteiger charge is -2.20. The first-order valence-corrected chi connectivity index (χ1v) is 7.72. The molecule has 0 heterocycles. The van der Waals surface area contributed by atoms with Crippen LogP contribution in [0.4, 0.5) is 9.18 Å². The molecule has 2 unspecified atom stereocenters. The van der Waals surface area contributed by atoms with Crippen LogP contribution in [0, 0.1) is 5.82 Å². The minimum atomic E-state index is -1.70. The van der Waals surface area contributed by atoms with Gasteiger partial charge in [-0.25, -0.2) is 14.0 Å². The van der Waals surface area contributed by atoms with E-state index in [0.29, 0.717) is 0 Å². The maximum Gasteiger partial charge on any atom is 0.407 e. The molecule has 7 nitrogen and oxygen atoms in total. The molecule has 2 atom stereocenters. The van der Waals surface area contributed by atoms with Crippen molar-refractivity contribution in [3.8, 4) is 0 Å². The summed E-state index contributed by atoms with van der Waals surface area (Å²) in [6.07, 6.45) is -4.08. The van der Waals surface area contributed by atoms with Crippen molar-refractivity contribution in [3.05, 3.63) is 71.0 Å². The van der Waals surface area contributed by atoms with E-state index >= 15 is 0 Å². The van der Waals surface area contributed by atoms with Crippen LogP contribution in [0.1, 0.15) is 27.6 Å². The number of carbonyl (C=O) groups is 2. The molecule has 0 aliphatic heterocycles. The van der Waals surface area contributed by atoms with E-state index in [9.17, 15) is 24.2 Å². The van der Waals surface area contributed by atoms with Gasteiger partial charge >= 0.3 is 12.1 Å². The average molecular weight is 363 g/mol. The van der Waals surface area contributed by atoms with Gasteiger partial charge in [-0.2, -0.15) is 0 Å². The molecule has 0 saturated heterocycles. The van der Waals surface area contributed by atoms with Gasteiger partial charge in [-0.3, -0.25) is 0 Å². The molecule has 26 heavy (non-hydrogen) atoms. The van der Waals surface area contributed by atoms with E-state index in [1.807, 2.05) is 6.07 Å². The van der Waals surface area contributed by atoms with Crippen LogP contribution in [0.25, 0.3) is 0 Å². The summed E-state index contributed by atoms with van der Waals surface area (Å²) in [6, 6.07) is 12.3. The molecule has 2 aromatic rings. The van der Waals surface area contributed by atoms with Crippen LogP contribution in [0.5, 0.6) is 0 Å². The number of carboxylic acid groups (broad SMARTS) is 1. The summed E-state index contributed by atoms with van der Waals surface area (Å²) in [7, 11) is 0. The van der Waals surface area contributed by atoms with Crippen molar-refractivity contribution < 1.29 is 34.0 Å². The van der Waals surface area contributed by atoms with Crippen molar-refractivity contribution in [2.45, 2.75) is 18.8 Å². The van der Waals surface area contributed by atoms with Crippen LogP contribution >= 0.6 is 0 Å². The number of amides is 1. The minimum absolute atomic E-state index is 0.0262. The highest BCUT2D eigenvalue weighted by Gasteiger charge is 2.26. The zero-order valence-electron chi connectivity index (χ0n) is 13.6. The Labute approximate surface area is 148 Å². The summed E-state index contributed by atoms with van der Waals surface area (Å²) in [5, 5.41) is 31.4. The molecule has 0 radical (unpaired) electrons. The maximum absolute atomic E-state index is 13.6. The number of ether oxygens (including phenoxy) is 1. The Balaban J connectivity index is 1.91. The van der Waals surface area contributed by atoms with Crippen LogP contribution in [0.3, 0.4) is 0 Å². The maximum atomic E-state index is 13.6. The van der Waals surface area contributed by atoms with E-state index in [-0.39, 0.29) is 12.2 Å². The summed E-state index contributed by atoms with van der Waals surface area (Å²) >= 11 is 0. The van der Waals surface area contributed by atoms with Gasteiger partial charge in [-0.05, 0) is 11.6 Å². The molecule has 0 saturated carbocycles. The fraction of sp³-hybridized carbons (Fsp3) is 0.222. The highest BCUT2D eigenvalue weighted by Crippen LogP contribution is 2.23. The van der Waals surface area contributed by atoms with Crippen molar-refractivity contribution in [1.82, 2.24) is 5.32 Å². The van der Waals surface area contributed by atoms with Crippen LogP contribution in [-0.2, 0) is 11.3 Å². The molecule has 0 fully saturated rings. The molecule has 0 spiro atoms. The number of hydrogen-bond acceptors (Lipinski definition) is 5. The van der Waals surface area contributed by atoms with Crippen molar-refractivity contribution in [2.24, 2.45) is 0 Å². The van der Waals surface area contributed by atoms with Gasteiger partial charge in [-0.1, -0.05) is 42.5 Å². The third-order valence-corrected chi connectivity index (χ3v) is 3.61. The van der Waals surface area contributed by atoms with E-state index in [0.717, 1.165) is 11.6 Å². The van der Waals surface area contributed by atoms with Crippen molar-refractivity contribution in [2.75, 3.05) is 6.54 Å². The predicted octanol–water partition coefficient (Wildman–Crippen LogP) is 1.84. The molecule has 4 N–H and O–H groups in total. The van der Waals surface area contributed by atoms with Gasteiger partial charge in [0.1, 0.15) is 30.2 Å². The monoisotopic (exact) mass is 363 g/mol. The van der Waals surface area contributed by atoms with Gasteiger partial charge in [0, 0.05) is 12.1 Å². The SMILES string of the molecule is O=C(NCC(O)C(O)c1cccc(F)c1C(=O)O)OCc1ccccc1. The third-order valence-electron chi connectivity index (χ3n) is 3.61. The minimum Gasteiger partial charge on any atom is -0.478 e. The quantitative estimate of drug-likeness (QED) is 0.597. The van der Waals surface area contributed by atoms with E-state index in [1.54, 1.807) is 24.3 Å². The van der Waals surface area contributed by atoms with Gasteiger partial charge in [0.15, 0.2) is 0 Å². The lowest BCUT2D eigenvalue weighted by molar-refractivity contribution is 0.0171. The second-order valence-electron chi connectivity index (χ2n) is 5.46. The number of aliphatic hydroxyl groups excluding tert-OH is 2. The predicted molar refractivity (Wildman–Crippen MR) is 89.0 cm³/mol. The summed E-state index contributed by atoms with van der Waals surface area (Å²) in [5.74, 6) is -2.60. The van der Waals surface area contributed by atoms with Gasteiger partial charge in [0.05, 0.1) is 0 Å². The lowest BCUT2D eigenvalue weighted by atomic mass is 9.98. The van der Waals surface area contributed by atoms with Gasteiger partial charge in [0.25, 0.3) is 0 Å². The molecule has 138 valence electrons. The summed E-state index contributed by atoms with van der Waals surface area (Å²) in [5.41, 5.74) is -0.246. The molecule has 0 bridgehead atoms. The Morgan fingerprint density at radius 3 is 2.42 bits per heavy atom. The first kappa shape index (κ1) is 19.4. The number of alkyl carbamates (subject to hydrolysis) is 1. The Bertz CT molecular complexity index is 768. The van der Waals surface area contributed by atoms with E-state index in [2.05, 4.69) is 5.32 Å². The molecular formula is C18H18FNO6. The Hall–Kier alpha value is -2.97. The third kappa shape index (κ3) is 5.01. The van der Waals surface area contributed by atoms with Crippen molar-refractivity contribution in [3.63, 3.8) is 0 Å². The molecular weight excluding hydrogens is 345 g/mol. The number of aromatic carboxylic acids is 1. The number of aliphatic hydroxyl groups is 2. The molecule has 8 heteroatoms. The lowest BCUT2D eigenvalue weighted by Crippen LogP contribution is -2.36. The zero-order valence-corrected chi connectivity index (χ0v) is 13.6. The molecule has 0 aliphatic carbocycles. The Kier molecular flexibility index (Phi) is 6.65. The first-order valence-electron chi connectivity index (χ1n) is 7.72. The summed E-state index contributed by atoms with van der Waals surface area (Å²) < 4.78 is 18.6. The fourth-order valence-corrected chi connectivity index (χ4v) is 2.29. The number of hydrogen-bond donors (Lipinski definition) is 4. The highest BCUT2D eigenvalue weighted by atomic mass is 19.1. The topological polar surface area (TPSA) is 116 Å². The van der Waals surface area contributed by atoms with E-state index in [4.69, 9.17) is 9.84 Å². The van der Waals surface area contributed by atoms with Gasteiger partial charge in [0.2, 0.25) is 0 Å². The second kappa shape index (κ2) is 8.93. The number of nitrogens with one attached hydrogen (secondary N) is 1.